The van der Waals surface area contributed by atoms with E-state index >= 15 is 0 Å². The molecule has 1 atom stereocenters. The number of nitrogens with zero attached hydrogens (tertiary/aromatic N) is 1. The Labute approximate surface area is 150 Å². The van der Waals surface area contributed by atoms with E-state index in [1.54, 1.807) is 0 Å². The first-order valence-electron chi connectivity index (χ1n) is 8.69. The molecule has 0 radical (unpaired) electrons. The fraction of sp³-hybridized carbons (Fsp3) is 0.421. The second-order valence-electron chi connectivity index (χ2n) is 6.82. The van der Waals surface area contributed by atoms with Crippen LogP contribution in [0.3, 0.4) is 0 Å². The van der Waals surface area contributed by atoms with Crippen molar-refractivity contribution in [2.45, 2.75) is 31.3 Å². The maximum atomic E-state index is 14.2. The Morgan fingerprint density at radius 1 is 1.15 bits per heavy atom. The molecule has 2 aliphatic rings. The number of hydrogen-bond donors (Lipinski definition) is 2. The summed E-state index contributed by atoms with van der Waals surface area (Å²) in [4.78, 5) is 14.4. The van der Waals surface area contributed by atoms with Gasteiger partial charge in [0.2, 0.25) is 0 Å². The Kier molecular flexibility index (Phi) is 5.78. The molecule has 1 heterocycles. The van der Waals surface area contributed by atoms with Crippen LogP contribution in [0.25, 0.3) is 0 Å². The minimum atomic E-state index is -0.929. The van der Waals surface area contributed by atoms with E-state index in [9.17, 15) is 18.0 Å². The third kappa shape index (κ3) is 4.53. The van der Waals surface area contributed by atoms with Crippen molar-refractivity contribution in [3.63, 3.8) is 0 Å². The molecule has 1 saturated heterocycles. The van der Waals surface area contributed by atoms with Crippen LogP contribution in [0.15, 0.2) is 41.9 Å². The number of amides is 1. The average Bonchev–Trinajstić information content (AvgIpc) is 2.59. The van der Waals surface area contributed by atoms with E-state index in [0.29, 0.717) is 11.8 Å². The lowest BCUT2D eigenvalue weighted by atomic mass is 9.99. The number of carbonyl (C=O) groups excluding carboxylic acids is 1. The summed E-state index contributed by atoms with van der Waals surface area (Å²) in [6.07, 6.45) is 4.93. The van der Waals surface area contributed by atoms with Crippen molar-refractivity contribution in [2.75, 3.05) is 20.1 Å². The number of allylic oxidation sites excluding steroid dienone is 2. The largest absolute Gasteiger partial charge is 0.326 e. The highest BCUT2D eigenvalue weighted by Crippen LogP contribution is 2.22. The van der Waals surface area contributed by atoms with Crippen molar-refractivity contribution in [3.05, 3.63) is 59.1 Å². The van der Waals surface area contributed by atoms with Gasteiger partial charge in [-0.3, -0.25) is 4.79 Å². The Morgan fingerprint density at radius 2 is 1.88 bits per heavy atom. The number of likely N-dealkylation sites (tertiary alicyclic amines) is 1. The molecule has 1 amide bonds. The lowest BCUT2D eigenvalue weighted by molar-refractivity contribution is 0.0959. The summed E-state index contributed by atoms with van der Waals surface area (Å²) >= 11 is 0. The number of benzene rings is 1. The van der Waals surface area contributed by atoms with E-state index in [2.05, 4.69) is 22.6 Å². The van der Waals surface area contributed by atoms with Crippen molar-refractivity contribution >= 4 is 5.91 Å². The van der Waals surface area contributed by atoms with Crippen molar-refractivity contribution in [1.29, 1.82) is 0 Å². The number of hydrogen-bond acceptors (Lipinski definition) is 3. The molecule has 1 aliphatic heterocycles. The summed E-state index contributed by atoms with van der Waals surface area (Å²) in [6, 6.07) is 2.49. The third-order valence-corrected chi connectivity index (χ3v) is 4.81. The summed E-state index contributed by atoms with van der Waals surface area (Å²) < 4.78 is 40.8. The number of rotatable bonds is 4. The summed E-state index contributed by atoms with van der Waals surface area (Å²) in [7, 11) is 2.06. The van der Waals surface area contributed by atoms with E-state index in [1.165, 1.54) is 12.2 Å². The predicted octanol–water partition coefficient (Wildman–Crippen LogP) is 2.89. The monoisotopic (exact) mass is 365 g/mol. The molecule has 4 nitrogen and oxygen atoms in total. The molecule has 26 heavy (non-hydrogen) atoms. The Bertz CT molecular complexity index is 740. The topological polar surface area (TPSA) is 44.4 Å². The first kappa shape index (κ1) is 18.7. The second kappa shape index (κ2) is 8.05. The van der Waals surface area contributed by atoms with Crippen molar-refractivity contribution < 1.29 is 18.0 Å². The van der Waals surface area contributed by atoms with Gasteiger partial charge in [-0.25, -0.2) is 13.2 Å². The zero-order valence-electron chi connectivity index (χ0n) is 14.6. The highest BCUT2D eigenvalue weighted by molar-refractivity contribution is 5.95. The quantitative estimate of drug-likeness (QED) is 0.862. The van der Waals surface area contributed by atoms with Gasteiger partial charge in [-0.05, 0) is 57.3 Å². The van der Waals surface area contributed by atoms with E-state index in [-0.39, 0.29) is 23.9 Å². The van der Waals surface area contributed by atoms with Gasteiger partial charge in [0.25, 0.3) is 5.91 Å². The molecule has 140 valence electrons. The fourth-order valence-electron chi connectivity index (χ4n) is 3.26. The molecule has 2 N–H and O–H groups in total. The number of piperidine rings is 1. The lowest BCUT2D eigenvalue weighted by Gasteiger charge is -2.33. The number of halogens is 3. The molecule has 0 bridgehead atoms. The van der Waals surface area contributed by atoms with Gasteiger partial charge in [-0.1, -0.05) is 0 Å². The molecular weight excluding hydrogens is 343 g/mol. The maximum Gasteiger partial charge on any atom is 0.258 e. The van der Waals surface area contributed by atoms with Gasteiger partial charge in [0.15, 0.2) is 0 Å². The predicted molar refractivity (Wildman–Crippen MR) is 93.2 cm³/mol. The van der Waals surface area contributed by atoms with Crippen LogP contribution in [0.1, 0.15) is 29.6 Å². The van der Waals surface area contributed by atoms with Crippen molar-refractivity contribution in [3.8, 4) is 0 Å². The first-order chi connectivity index (χ1) is 12.4. The Hall–Kier alpha value is -2.12. The van der Waals surface area contributed by atoms with Gasteiger partial charge in [0, 0.05) is 24.2 Å². The summed E-state index contributed by atoms with van der Waals surface area (Å²) in [5, 5.41) is 5.89. The normalized spacial score (nSPS) is 21.9. The number of carbonyl (C=O) groups is 1. The highest BCUT2D eigenvalue weighted by atomic mass is 19.1. The molecule has 0 saturated carbocycles. The van der Waals surface area contributed by atoms with Crippen LogP contribution >= 0.6 is 0 Å². The SMILES string of the molecule is CN1CCC(NC2CC(NC(=O)c3ccc(F)cc3F)=CC=C2F)CC1. The van der Waals surface area contributed by atoms with Crippen LogP contribution in [0.2, 0.25) is 0 Å². The van der Waals surface area contributed by atoms with E-state index in [1.807, 2.05) is 0 Å². The molecule has 1 aromatic carbocycles. The Balaban J connectivity index is 1.61. The van der Waals surface area contributed by atoms with Crippen LogP contribution in [-0.2, 0) is 0 Å². The van der Waals surface area contributed by atoms with Gasteiger partial charge in [-0.2, -0.15) is 0 Å². The van der Waals surface area contributed by atoms with Gasteiger partial charge >= 0.3 is 0 Å². The molecule has 3 rings (SSSR count). The third-order valence-electron chi connectivity index (χ3n) is 4.81. The van der Waals surface area contributed by atoms with Gasteiger partial charge in [-0.15, -0.1) is 0 Å². The summed E-state index contributed by atoms with van der Waals surface area (Å²) in [5.41, 5.74) is 0.243. The van der Waals surface area contributed by atoms with Crippen LogP contribution in [-0.4, -0.2) is 43.0 Å². The molecule has 0 aromatic heterocycles. The average molecular weight is 365 g/mol. The molecule has 0 spiro atoms. The van der Waals surface area contributed by atoms with Crippen LogP contribution in [0.5, 0.6) is 0 Å². The zero-order valence-corrected chi connectivity index (χ0v) is 14.6. The maximum absolute atomic E-state index is 14.2. The van der Waals surface area contributed by atoms with E-state index in [4.69, 9.17) is 0 Å². The van der Waals surface area contributed by atoms with Gasteiger partial charge in [0.05, 0.1) is 11.6 Å². The highest BCUT2D eigenvalue weighted by Gasteiger charge is 2.26. The fourth-order valence-corrected chi connectivity index (χ4v) is 3.26. The lowest BCUT2D eigenvalue weighted by Crippen LogP contribution is -2.46. The van der Waals surface area contributed by atoms with E-state index in [0.717, 1.165) is 38.1 Å². The Morgan fingerprint density at radius 3 is 2.58 bits per heavy atom. The van der Waals surface area contributed by atoms with Crippen molar-refractivity contribution in [1.82, 2.24) is 15.5 Å². The molecule has 1 unspecified atom stereocenters. The van der Waals surface area contributed by atoms with Gasteiger partial charge < -0.3 is 15.5 Å². The molecule has 1 aromatic rings. The minimum absolute atomic E-state index is 0.222. The minimum Gasteiger partial charge on any atom is -0.326 e. The van der Waals surface area contributed by atoms with Gasteiger partial charge in [0.1, 0.15) is 17.5 Å². The smallest absolute Gasteiger partial charge is 0.258 e. The number of nitrogens with one attached hydrogen (secondary N) is 2. The van der Waals surface area contributed by atoms with Crippen LogP contribution in [0.4, 0.5) is 13.2 Å². The zero-order chi connectivity index (χ0) is 18.7. The van der Waals surface area contributed by atoms with Crippen LogP contribution in [0, 0.1) is 11.6 Å². The standard InChI is InChI=1S/C19H22F3N3O/c1-25-8-6-13(7-9-25)23-18-11-14(3-5-16(18)21)24-19(26)15-4-2-12(20)10-17(15)22/h2-5,10,13,18,23H,6-9,11H2,1H3,(H,24,26). The summed E-state index contributed by atoms with van der Waals surface area (Å²) in [5.74, 6) is -2.64. The molecule has 1 aliphatic carbocycles. The molecule has 7 heteroatoms. The van der Waals surface area contributed by atoms with E-state index < -0.39 is 23.6 Å². The van der Waals surface area contributed by atoms with Crippen LogP contribution < -0.4 is 10.6 Å². The summed E-state index contributed by atoms with van der Waals surface area (Å²) in [6.45, 7) is 1.91. The van der Waals surface area contributed by atoms with Crippen molar-refractivity contribution in [2.24, 2.45) is 0 Å². The molecular formula is C19H22F3N3O. The first-order valence-corrected chi connectivity index (χ1v) is 8.69. The molecule has 1 fully saturated rings. The second-order valence-corrected chi connectivity index (χ2v) is 6.82.